The lowest BCUT2D eigenvalue weighted by Gasteiger charge is -2.10. The average molecular weight is 316 g/mol. The topological polar surface area (TPSA) is 47.8 Å². The number of benzene rings is 2. The number of carbonyl (C=O) groups is 1. The van der Waals surface area contributed by atoms with Crippen molar-refractivity contribution in [2.75, 3.05) is 0 Å². The number of hydrogen-bond donors (Lipinski definition) is 0. The van der Waals surface area contributed by atoms with Crippen molar-refractivity contribution in [1.29, 1.82) is 0 Å². The van der Waals surface area contributed by atoms with Gasteiger partial charge in [0.2, 0.25) is 0 Å². The van der Waals surface area contributed by atoms with Gasteiger partial charge in [0.25, 0.3) is 0 Å². The van der Waals surface area contributed by atoms with Crippen molar-refractivity contribution >= 4 is 17.9 Å². The third kappa shape index (κ3) is 2.40. The van der Waals surface area contributed by atoms with Crippen molar-refractivity contribution in [1.82, 2.24) is 15.0 Å². The lowest BCUT2D eigenvalue weighted by molar-refractivity contribution is 0.111. The van der Waals surface area contributed by atoms with Crippen LogP contribution in [-0.4, -0.2) is 21.3 Å². The number of rotatable bonds is 3. The molecule has 3 rings (SSSR count). The highest BCUT2D eigenvalue weighted by atomic mass is 35.5. The molecule has 0 radical (unpaired) electrons. The molecule has 0 aliphatic rings. The molecule has 0 fully saturated rings. The summed E-state index contributed by atoms with van der Waals surface area (Å²) in [4.78, 5) is 11.2. The monoisotopic (exact) mass is 315 g/mol. The summed E-state index contributed by atoms with van der Waals surface area (Å²) in [5.41, 5.74) is 2.86. The van der Waals surface area contributed by atoms with Crippen LogP contribution in [0.25, 0.3) is 16.9 Å². The normalized spacial score (nSPS) is 10.7. The molecule has 3 aromatic rings. The minimum Gasteiger partial charge on any atom is -0.296 e. The number of aromatic nitrogens is 3. The van der Waals surface area contributed by atoms with Crippen LogP contribution in [0.4, 0.5) is 4.39 Å². The molecule has 0 N–H and O–H groups in total. The highest BCUT2D eigenvalue weighted by Gasteiger charge is 2.17. The van der Waals surface area contributed by atoms with Crippen LogP contribution in [0.3, 0.4) is 0 Å². The molecule has 0 aliphatic heterocycles. The molecular weight excluding hydrogens is 305 g/mol. The van der Waals surface area contributed by atoms with E-state index in [0.29, 0.717) is 28.3 Å². The van der Waals surface area contributed by atoms with Crippen molar-refractivity contribution < 1.29 is 9.18 Å². The van der Waals surface area contributed by atoms with Crippen LogP contribution in [0.1, 0.15) is 16.1 Å². The Balaban J connectivity index is 2.26. The van der Waals surface area contributed by atoms with Gasteiger partial charge >= 0.3 is 0 Å². The minimum atomic E-state index is -0.352. The third-order valence-electron chi connectivity index (χ3n) is 3.39. The second-order valence-electron chi connectivity index (χ2n) is 4.74. The van der Waals surface area contributed by atoms with Crippen LogP contribution in [0.2, 0.25) is 5.02 Å². The maximum atomic E-state index is 13.1. The third-order valence-corrected chi connectivity index (χ3v) is 3.80. The molecule has 1 aromatic heterocycles. The van der Waals surface area contributed by atoms with Gasteiger partial charge in [-0.25, -0.2) is 9.07 Å². The summed E-state index contributed by atoms with van der Waals surface area (Å²) in [5, 5.41) is 8.52. The summed E-state index contributed by atoms with van der Waals surface area (Å²) in [6.07, 6.45) is 0.627. The number of aldehydes is 1. The summed E-state index contributed by atoms with van der Waals surface area (Å²) in [7, 11) is 0. The van der Waals surface area contributed by atoms with Crippen molar-refractivity contribution in [2.24, 2.45) is 0 Å². The van der Waals surface area contributed by atoms with Crippen molar-refractivity contribution in [3.8, 4) is 16.9 Å². The summed E-state index contributed by atoms with van der Waals surface area (Å²) < 4.78 is 14.7. The molecule has 4 nitrogen and oxygen atoms in total. The lowest BCUT2D eigenvalue weighted by atomic mass is 10.1. The van der Waals surface area contributed by atoms with Crippen LogP contribution in [0.15, 0.2) is 42.5 Å². The van der Waals surface area contributed by atoms with E-state index in [-0.39, 0.29) is 11.5 Å². The van der Waals surface area contributed by atoms with E-state index in [1.807, 2.05) is 13.0 Å². The first-order valence-electron chi connectivity index (χ1n) is 6.54. The molecule has 1 heterocycles. The Morgan fingerprint density at radius 1 is 1.18 bits per heavy atom. The van der Waals surface area contributed by atoms with Gasteiger partial charge in [-0.1, -0.05) is 22.9 Å². The van der Waals surface area contributed by atoms with Gasteiger partial charge in [-0.05, 0) is 48.9 Å². The highest BCUT2D eigenvalue weighted by molar-refractivity contribution is 6.31. The average Bonchev–Trinajstić information content (AvgIpc) is 2.94. The maximum absolute atomic E-state index is 13.1. The van der Waals surface area contributed by atoms with E-state index in [0.717, 1.165) is 5.56 Å². The van der Waals surface area contributed by atoms with Crippen molar-refractivity contribution in [3.63, 3.8) is 0 Å². The first-order valence-corrected chi connectivity index (χ1v) is 6.92. The molecule has 0 bridgehead atoms. The first-order chi connectivity index (χ1) is 10.6. The van der Waals surface area contributed by atoms with Crippen molar-refractivity contribution in [3.05, 3.63) is 64.6 Å². The van der Waals surface area contributed by atoms with Crippen LogP contribution >= 0.6 is 11.6 Å². The van der Waals surface area contributed by atoms with Gasteiger partial charge in [0.05, 0.1) is 5.69 Å². The molecule has 0 saturated heterocycles. The zero-order valence-electron chi connectivity index (χ0n) is 11.6. The van der Waals surface area contributed by atoms with Gasteiger partial charge in [-0.3, -0.25) is 4.79 Å². The second kappa shape index (κ2) is 5.69. The van der Waals surface area contributed by atoms with E-state index >= 15 is 0 Å². The molecule has 0 unspecified atom stereocenters. The SMILES string of the molecule is Cc1c(Cl)cccc1-n1nnc(C=O)c1-c1ccc(F)cc1. The summed E-state index contributed by atoms with van der Waals surface area (Å²) in [6.45, 7) is 1.86. The van der Waals surface area contributed by atoms with Gasteiger partial charge in [-0.15, -0.1) is 5.10 Å². The Kier molecular flexibility index (Phi) is 3.73. The molecule has 110 valence electrons. The second-order valence-corrected chi connectivity index (χ2v) is 5.15. The molecule has 0 spiro atoms. The standard InChI is InChI=1S/C16H11ClFN3O/c1-10-13(17)3-2-4-15(10)21-16(14(9-22)19-20-21)11-5-7-12(18)8-6-11/h2-9H,1H3. The quantitative estimate of drug-likeness (QED) is 0.690. The van der Waals surface area contributed by atoms with Crippen LogP contribution in [-0.2, 0) is 0 Å². The minimum absolute atomic E-state index is 0.186. The van der Waals surface area contributed by atoms with Crippen LogP contribution in [0.5, 0.6) is 0 Å². The van der Waals surface area contributed by atoms with Gasteiger partial charge in [0.15, 0.2) is 12.0 Å². The molecule has 0 amide bonds. The van der Waals surface area contributed by atoms with E-state index in [4.69, 9.17) is 11.6 Å². The zero-order valence-corrected chi connectivity index (χ0v) is 12.4. The number of nitrogens with zero attached hydrogens (tertiary/aromatic N) is 3. The molecule has 0 aliphatic carbocycles. The fraction of sp³-hybridized carbons (Fsp3) is 0.0625. The Bertz CT molecular complexity index is 843. The number of carbonyl (C=O) groups excluding carboxylic acids is 1. The van der Waals surface area contributed by atoms with Crippen LogP contribution in [0, 0.1) is 12.7 Å². The molecular formula is C16H11ClFN3O. The predicted octanol–water partition coefficient (Wildman–Crippen LogP) is 3.85. The Hall–Kier alpha value is -2.53. The van der Waals surface area contributed by atoms with Crippen molar-refractivity contribution in [2.45, 2.75) is 6.92 Å². The Labute approximate surface area is 131 Å². The van der Waals surface area contributed by atoms with E-state index < -0.39 is 0 Å². The fourth-order valence-electron chi connectivity index (χ4n) is 2.24. The lowest BCUT2D eigenvalue weighted by Crippen LogP contribution is -2.02. The largest absolute Gasteiger partial charge is 0.296 e. The van der Waals surface area contributed by atoms with Gasteiger partial charge < -0.3 is 0 Å². The van der Waals surface area contributed by atoms with E-state index in [9.17, 15) is 9.18 Å². The van der Waals surface area contributed by atoms with E-state index in [1.54, 1.807) is 24.3 Å². The summed E-state index contributed by atoms with van der Waals surface area (Å²) in [6, 6.07) is 11.2. The Morgan fingerprint density at radius 2 is 1.91 bits per heavy atom. The molecule has 2 aromatic carbocycles. The predicted molar refractivity (Wildman–Crippen MR) is 81.9 cm³/mol. The van der Waals surface area contributed by atoms with Gasteiger partial charge in [0, 0.05) is 10.6 Å². The van der Waals surface area contributed by atoms with E-state index in [1.165, 1.54) is 16.8 Å². The van der Waals surface area contributed by atoms with Crippen LogP contribution < -0.4 is 0 Å². The molecule has 22 heavy (non-hydrogen) atoms. The smallest absolute Gasteiger partial charge is 0.172 e. The first kappa shape index (κ1) is 14.4. The Morgan fingerprint density at radius 3 is 2.59 bits per heavy atom. The zero-order chi connectivity index (χ0) is 15.7. The summed E-state index contributed by atoms with van der Waals surface area (Å²) in [5.74, 6) is -0.352. The highest BCUT2D eigenvalue weighted by Crippen LogP contribution is 2.28. The number of halogens is 2. The molecule has 0 saturated carbocycles. The van der Waals surface area contributed by atoms with E-state index in [2.05, 4.69) is 10.3 Å². The van der Waals surface area contributed by atoms with Gasteiger partial charge in [0.1, 0.15) is 11.5 Å². The van der Waals surface area contributed by atoms with Gasteiger partial charge in [-0.2, -0.15) is 0 Å². The summed E-state index contributed by atoms with van der Waals surface area (Å²) >= 11 is 6.14. The maximum Gasteiger partial charge on any atom is 0.172 e. The molecule has 6 heteroatoms. The fourth-order valence-corrected chi connectivity index (χ4v) is 2.41. The number of hydrogen-bond acceptors (Lipinski definition) is 3. The molecule has 0 atom stereocenters.